The number of rotatable bonds is 4. The molecular formula is C20H26N5O3S+. The van der Waals surface area contributed by atoms with Crippen LogP contribution in [0.1, 0.15) is 34.8 Å². The predicted molar refractivity (Wildman–Crippen MR) is 110 cm³/mol. The van der Waals surface area contributed by atoms with Crippen LogP contribution in [0.15, 0.2) is 24.3 Å². The number of piperazine rings is 1. The maximum Gasteiger partial charge on any atom is 0.410 e. The highest BCUT2D eigenvalue weighted by Gasteiger charge is 2.36. The number of hydrogen-bond donors (Lipinski definition) is 2. The van der Waals surface area contributed by atoms with E-state index in [9.17, 15) is 9.90 Å². The Morgan fingerprint density at radius 2 is 2.10 bits per heavy atom. The number of thiazole rings is 1. The topological polar surface area (TPSA) is 84.4 Å². The fraction of sp³-hybridized carbons (Fsp3) is 0.450. The number of quaternary nitrogens is 1. The second kappa shape index (κ2) is 8.00. The number of nitrogens with zero attached hydrogens (tertiary/aromatic N) is 4. The summed E-state index contributed by atoms with van der Waals surface area (Å²) in [7, 11) is 0. The largest absolute Gasteiger partial charge is 0.492 e. The summed E-state index contributed by atoms with van der Waals surface area (Å²) in [5, 5.41) is 15.2. The van der Waals surface area contributed by atoms with Gasteiger partial charge in [0.05, 0.1) is 32.8 Å². The van der Waals surface area contributed by atoms with Crippen molar-refractivity contribution in [3.05, 3.63) is 46.1 Å². The lowest BCUT2D eigenvalue weighted by Crippen LogP contribution is -3.15. The molecule has 29 heavy (non-hydrogen) atoms. The van der Waals surface area contributed by atoms with Gasteiger partial charge in [0.15, 0.2) is 6.04 Å². The van der Waals surface area contributed by atoms with Gasteiger partial charge in [-0.1, -0.05) is 35.1 Å². The molecule has 0 spiro atoms. The average molecular weight is 417 g/mol. The third-order valence-corrected chi connectivity index (χ3v) is 6.37. The highest BCUT2D eigenvalue weighted by atomic mass is 32.1. The maximum atomic E-state index is 12.1. The predicted octanol–water partition coefficient (Wildman–Crippen LogP) is 1.56. The van der Waals surface area contributed by atoms with Crippen LogP contribution in [0.2, 0.25) is 0 Å². The molecule has 0 unspecified atom stereocenters. The first-order valence-electron chi connectivity index (χ1n) is 9.85. The van der Waals surface area contributed by atoms with Gasteiger partial charge in [-0.15, -0.1) is 5.10 Å². The Bertz CT molecular complexity index is 1020. The van der Waals surface area contributed by atoms with Crippen LogP contribution in [0, 0.1) is 13.8 Å². The zero-order valence-electron chi connectivity index (χ0n) is 16.9. The highest BCUT2D eigenvalue weighted by molar-refractivity contribution is 7.17. The summed E-state index contributed by atoms with van der Waals surface area (Å²) in [5.41, 5.74) is 2.31. The fourth-order valence-corrected chi connectivity index (χ4v) is 5.12. The van der Waals surface area contributed by atoms with E-state index in [0.717, 1.165) is 23.5 Å². The zero-order valence-corrected chi connectivity index (χ0v) is 17.7. The molecule has 1 amide bonds. The molecule has 4 rings (SSSR count). The van der Waals surface area contributed by atoms with Crippen molar-refractivity contribution < 1.29 is 19.5 Å². The third-order valence-electron chi connectivity index (χ3n) is 5.28. The number of carbonyl (C=O) groups is 1. The molecule has 1 atom stereocenters. The van der Waals surface area contributed by atoms with Crippen LogP contribution in [-0.4, -0.2) is 63.5 Å². The Balaban J connectivity index is 1.67. The molecule has 3 aromatic rings. The Morgan fingerprint density at radius 3 is 2.76 bits per heavy atom. The van der Waals surface area contributed by atoms with E-state index in [1.54, 1.807) is 4.90 Å². The normalized spacial score (nSPS) is 16.3. The van der Waals surface area contributed by atoms with Crippen molar-refractivity contribution in [1.29, 1.82) is 0 Å². The molecular weight excluding hydrogens is 390 g/mol. The number of aromatic hydroxyl groups is 1. The van der Waals surface area contributed by atoms with Gasteiger partial charge in [-0.2, -0.15) is 4.52 Å². The van der Waals surface area contributed by atoms with E-state index in [1.807, 2.05) is 19.9 Å². The van der Waals surface area contributed by atoms with Gasteiger partial charge in [0.1, 0.15) is 10.7 Å². The number of nitrogens with one attached hydrogen (secondary N) is 1. The molecule has 154 valence electrons. The molecule has 1 aromatic carbocycles. The van der Waals surface area contributed by atoms with Crippen molar-refractivity contribution in [3.63, 3.8) is 0 Å². The number of fused-ring (bicyclic) bond motifs is 1. The van der Waals surface area contributed by atoms with Crippen LogP contribution in [0.4, 0.5) is 4.79 Å². The van der Waals surface area contributed by atoms with Gasteiger partial charge in [0, 0.05) is 5.56 Å². The molecule has 3 heterocycles. The molecule has 9 heteroatoms. The molecule has 1 saturated heterocycles. The van der Waals surface area contributed by atoms with Crippen LogP contribution >= 0.6 is 11.3 Å². The Labute approximate surface area is 173 Å². The fourth-order valence-electron chi connectivity index (χ4n) is 3.94. The first kappa shape index (κ1) is 19.7. The SMILES string of the molecule is CCOC(=O)N1CC[NH+]([C@H](c2cccc(C)c2)c2sc3nc(C)nn3c2O)CC1. The summed E-state index contributed by atoms with van der Waals surface area (Å²) in [6.45, 7) is 8.87. The molecule has 1 aliphatic heterocycles. The Kier molecular flexibility index (Phi) is 5.42. The number of aromatic nitrogens is 3. The smallest absolute Gasteiger partial charge is 0.410 e. The van der Waals surface area contributed by atoms with Crippen LogP contribution < -0.4 is 4.90 Å². The van der Waals surface area contributed by atoms with Crippen LogP contribution in [0.5, 0.6) is 5.88 Å². The molecule has 0 saturated carbocycles. The van der Waals surface area contributed by atoms with Gasteiger partial charge in [-0.3, -0.25) is 4.90 Å². The van der Waals surface area contributed by atoms with Crippen molar-refractivity contribution in [2.24, 2.45) is 0 Å². The van der Waals surface area contributed by atoms with E-state index in [0.29, 0.717) is 30.5 Å². The van der Waals surface area contributed by atoms with Gasteiger partial charge < -0.3 is 14.7 Å². The summed E-state index contributed by atoms with van der Waals surface area (Å²) in [6.07, 6.45) is -0.254. The summed E-state index contributed by atoms with van der Waals surface area (Å²) in [4.78, 5) is 21.1. The zero-order chi connectivity index (χ0) is 20.5. The standard InChI is InChI=1S/C20H25N5O3S/c1-4-28-20(27)24-10-8-23(9-11-24)16(15-7-5-6-13(2)12-15)17-18(26)25-19(29-17)21-14(3)22-25/h5-7,12,16,26H,4,8-11H2,1-3H3/p+1/t16-/m1/s1. The third kappa shape index (κ3) is 3.79. The summed E-state index contributed by atoms with van der Waals surface area (Å²) >= 11 is 1.48. The monoisotopic (exact) mass is 416 g/mol. The first-order chi connectivity index (χ1) is 14.0. The molecule has 8 nitrogen and oxygen atoms in total. The molecule has 0 aliphatic carbocycles. The van der Waals surface area contributed by atoms with Gasteiger partial charge in [-0.25, -0.2) is 9.78 Å². The minimum atomic E-state index is -0.254. The van der Waals surface area contributed by atoms with E-state index in [2.05, 4.69) is 35.2 Å². The highest BCUT2D eigenvalue weighted by Crippen LogP contribution is 2.35. The van der Waals surface area contributed by atoms with Crippen LogP contribution in [-0.2, 0) is 4.74 Å². The lowest BCUT2D eigenvalue weighted by molar-refractivity contribution is -0.929. The molecule has 1 fully saturated rings. The maximum absolute atomic E-state index is 12.1. The minimum absolute atomic E-state index is 0.0481. The Morgan fingerprint density at radius 1 is 1.34 bits per heavy atom. The number of ether oxygens (including phenoxy) is 1. The van der Waals surface area contributed by atoms with Crippen molar-refractivity contribution in [3.8, 4) is 5.88 Å². The number of carbonyl (C=O) groups excluding carboxylic acids is 1. The van der Waals surface area contributed by atoms with E-state index < -0.39 is 0 Å². The molecule has 1 aliphatic rings. The first-order valence-corrected chi connectivity index (χ1v) is 10.7. The van der Waals surface area contributed by atoms with E-state index in [4.69, 9.17) is 4.74 Å². The van der Waals surface area contributed by atoms with E-state index in [-0.39, 0.29) is 18.0 Å². The average Bonchev–Trinajstić information content (AvgIpc) is 3.20. The van der Waals surface area contributed by atoms with Gasteiger partial charge >= 0.3 is 6.09 Å². The molecule has 0 radical (unpaired) electrons. The molecule has 2 N–H and O–H groups in total. The van der Waals surface area contributed by atoms with Gasteiger partial charge in [0.2, 0.25) is 10.8 Å². The van der Waals surface area contributed by atoms with Crippen LogP contribution in [0.3, 0.4) is 0 Å². The lowest BCUT2D eigenvalue weighted by Gasteiger charge is -2.35. The second-order valence-electron chi connectivity index (χ2n) is 7.33. The quantitative estimate of drug-likeness (QED) is 0.674. The summed E-state index contributed by atoms with van der Waals surface area (Å²) < 4.78 is 6.66. The number of aryl methyl sites for hydroxylation is 2. The van der Waals surface area contributed by atoms with E-state index in [1.165, 1.54) is 26.3 Å². The minimum Gasteiger partial charge on any atom is -0.492 e. The van der Waals surface area contributed by atoms with Crippen LogP contribution in [0.25, 0.3) is 4.96 Å². The number of benzene rings is 1. The Hall–Kier alpha value is -2.65. The van der Waals surface area contributed by atoms with Crippen molar-refractivity contribution in [1.82, 2.24) is 19.5 Å². The number of amides is 1. The summed E-state index contributed by atoms with van der Waals surface area (Å²) in [5.74, 6) is 0.790. The van der Waals surface area contributed by atoms with Crippen molar-refractivity contribution in [2.45, 2.75) is 26.8 Å². The molecule has 0 bridgehead atoms. The van der Waals surface area contributed by atoms with Crippen molar-refractivity contribution >= 4 is 22.4 Å². The van der Waals surface area contributed by atoms with E-state index >= 15 is 0 Å². The van der Waals surface area contributed by atoms with Gasteiger partial charge in [0.25, 0.3) is 0 Å². The molecule has 2 aromatic heterocycles. The van der Waals surface area contributed by atoms with Crippen molar-refractivity contribution in [2.75, 3.05) is 32.8 Å². The van der Waals surface area contributed by atoms with Gasteiger partial charge in [-0.05, 0) is 26.8 Å². The second-order valence-corrected chi connectivity index (χ2v) is 8.34. The number of hydrogen-bond acceptors (Lipinski definition) is 6. The summed E-state index contributed by atoms with van der Waals surface area (Å²) in [6, 6.07) is 8.33. The lowest BCUT2D eigenvalue weighted by atomic mass is 10.0.